The van der Waals surface area contributed by atoms with E-state index < -0.39 is 0 Å². The summed E-state index contributed by atoms with van der Waals surface area (Å²) in [5, 5.41) is 3.91. The zero-order valence-corrected chi connectivity index (χ0v) is 16.0. The van der Waals surface area contributed by atoms with Gasteiger partial charge in [0.2, 0.25) is 0 Å². The molecule has 2 aromatic heterocycles. The topological polar surface area (TPSA) is 72.3 Å². The molecule has 27 heavy (non-hydrogen) atoms. The number of likely N-dealkylation sites (N-methyl/N-ethyl adjacent to an activating group) is 1. The minimum absolute atomic E-state index is 0.122. The Bertz CT molecular complexity index is 922. The fourth-order valence-corrected chi connectivity index (χ4v) is 2.79. The maximum absolute atomic E-state index is 12.2. The number of hydrogen-bond donors (Lipinski definition) is 1. The van der Waals surface area contributed by atoms with Crippen LogP contribution >= 0.6 is 0 Å². The van der Waals surface area contributed by atoms with Gasteiger partial charge < -0.3 is 19.5 Å². The number of imidazole rings is 1. The van der Waals surface area contributed by atoms with Crippen molar-refractivity contribution in [2.45, 2.75) is 20.4 Å². The largest absolute Gasteiger partial charge is 0.489 e. The lowest BCUT2D eigenvalue weighted by Gasteiger charge is -2.18. The van der Waals surface area contributed by atoms with Crippen LogP contribution in [-0.2, 0) is 6.54 Å². The van der Waals surface area contributed by atoms with Crippen molar-refractivity contribution in [3.63, 3.8) is 0 Å². The summed E-state index contributed by atoms with van der Waals surface area (Å²) < 4.78 is 7.85. The van der Waals surface area contributed by atoms with E-state index in [0.717, 1.165) is 28.2 Å². The molecule has 0 unspecified atom stereocenters. The van der Waals surface area contributed by atoms with E-state index in [1.807, 2.05) is 54.9 Å². The highest BCUT2D eigenvalue weighted by atomic mass is 16.5. The summed E-state index contributed by atoms with van der Waals surface area (Å²) in [4.78, 5) is 22.6. The third kappa shape index (κ3) is 4.75. The number of benzene rings is 1. The molecule has 0 aliphatic rings. The summed E-state index contributed by atoms with van der Waals surface area (Å²) in [5.41, 5.74) is 1.79. The van der Waals surface area contributed by atoms with E-state index in [9.17, 15) is 4.79 Å². The number of carbonyl (C=O) groups excluding carboxylic acids is 1. The number of aryl methyl sites for hydroxylation is 2. The fraction of sp³-hybridized carbons (Fsp3) is 0.350. The molecule has 0 atom stereocenters. The van der Waals surface area contributed by atoms with Crippen LogP contribution in [0.3, 0.4) is 0 Å². The van der Waals surface area contributed by atoms with E-state index in [1.54, 1.807) is 18.1 Å². The molecule has 2 heterocycles. The van der Waals surface area contributed by atoms with Crippen LogP contribution in [-0.4, -0.2) is 52.2 Å². The molecule has 0 bridgehead atoms. The van der Waals surface area contributed by atoms with Crippen LogP contribution in [0, 0.1) is 13.8 Å². The second kappa shape index (κ2) is 8.53. The highest BCUT2D eigenvalue weighted by Crippen LogP contribution is 2.23. The molecule has 7 nitrogen and oxygen atoms in total. The number of carbonyl (C=O) groups is 1. The number of pyridine rings is 1. The van der Waals surface area contributed by atoms with Gasteiger partial charge >= 0.3 is 6.03 Å². The molecule has 7 heteroatoms. The summed E-state index contributed by atoms with van der Waals surface area (Å²) in [6.07, 6.45) is 3.67. The molecular formula is C20H25N5O2. The molecule has 142 valence electrons. The Morgan fingerprint density at radius 2 is 2.11 bits per heavy atom. The lowest BCUT2D eigenvalue weighted by Crippen LogP contribution is -2.40. The highest BCUT2D eigenvalue weighted by molar-refractivity contribution is 5.84. The fourth-order valence-electron chi connectivity index (χ4n) is 2.79. The normalized spacial score (nSPS) is 10.8. The van der Waals surface area contributed by atoms with Gasteiger partial charge in [0.25, 0.3) is 0 Å². The van der Waals surface area contributed by atoms with Gasteiger partial charge in [-0.15, -0.1) is 0 Å². The molecule has 2 amide bonds. The molecule has 0 aliphatic heterocycles. The van der Waals surface area contributed by atoms with E-state index >= 15 is 0 Å². The van der Waals surface area contributed by atoms with Gasteiger partial charge in [0.1, 0.15) is 23.7 Å². The highest BCUT2D eigenvalue weighted by Gasteiger charge is 2.09. The number of para-hydroxylation sites is 1. The van der Waals surface area contributed by atoms with Gasteiger partial charge in [-0.3, -0.25) is 0 Å². The van der Waals surface area contributed by atoms with E-state index in [0.29, 0.717) is 26.2 Å². The first-order chi connectivity index (χ1) is 13.0. The van der Waals surface area contributed by atoms with E-state index in [1.165, 1.54) is 0 Å². The number of ether oxygens (including phenoxy) is 1. The number of amides is 2. The zero-order chi connectivity index (χ0) is 19.2. The molecule has 1 aromatic carbocycles. The van der Waals surface area contributed by atoms with Gasteiger partial charge in [-0.2, -0.15) is 0 Å². The lowest BCUT2D eigenvalue weighted by atomic mass is 10.2. The second-order valence-electron chi connectivity index (χ2n) is 6.45. The van der Waals surface area contributed by atoms with E-state index in [-0.39, 0.29) is 6.03 Å². The Morgan fingerprint density at radius 3 is 2.89 bits per heavy atom. The molecule has 0 radical (unpaired) electrons. The molecule has 3 rings (SSSR count). The number of fused-ring (bicyclic) bond motifs is 1. The number of hydrogen-bond acceptors (Lipinski definition) is 4. The lowest BCUT2D eigenvalue weighted by molar-refractivity contribution is 0.203. The van der Waals surface area contributed by atoms with E-state index in [4.69, 9.17) is 4.74 Å². The number of aromatic nitrogens is 3. The Hall–Kier alpha value is -3.09. The summed E-state index contributed by atoms with van der Waals surface area (Å²) in [6.45, 7) is 6.03. The smallest absolute Gasteiger partial charge is 0.317 e. The minimum atomic E-state index is -0.122. The summed E-state index contributed by atoms with van der Waals surface area (Å²) in [6, 6.07) is 9.74. The van der Waals surface area contributed by atoms with Gasteiger partial charge in [-0.05, 0) is 26.0 Å². The number of urea groups is 1. The third-order valence-electron chi connectivity index (χ3n) is 4.40. The first-order valence-corrected chi connectivity index (χ1v) is 9.00. The van der Waals surface area contributed by atoms with Gasteiger partial charge in [0, 0.05) is 43.6 Å². The van der Waals surface area contributed by atoms with Crippen LogP contribution in [0.25, 0.3) is 10.9 Å². The molecule has 1 N–H and O–H groups in total. The Morgan fingerprint density at radius 1 is 1.26 bits per heavy atom. The van der Waals surface area contributed by atoms with Crippen LogP contribution < -0.4 is 10.1 Å². The van der Waals surface area contributed by atoms with Gasteiger partial charge in [-0.1, -0.05) is 18.2 Å². The first kappa shape index (κ1) is 18.7. The summed E-state index contributed by atoms with van der Waals surface area (Å²) in [5.74, 6) is 1.67. The first-order valence-electron chi connectivity index (χ1n) is 9.00. The monoisotopic (exact) mass is 367 g/mol. The average molecular weight is 367 g/mol. The van der Waals surface area contributed by atoms with Crippen molar-refractivity contribution in [1.82, 2.24) is 24.8 Å². The van der Waals surface area contributed by atoms with Crippen molar-refractivity contribution < 1.29 is 9.53 Å². The Balaban J connectivity index is 1.45. The van der Waals surface area contributed by atoms with Crippen molar-refractivity contribution in [3.8, 4) is 5.75 Å². The van der Waals surface area contributed by atoms with Crippen LogP contribution in [0.4, 0.5) is 4.79 Å². The number of nitrogens with one attached hydrogen (secondary N) is 1. The maximum Gasteiger partial charge on any atom is 0.317 e. The molecule has 0 saturated heterocycles. The van der Waals surface area contributed by atoms with E-state index in [2.05, 4.69) is 15.3 Å². The molecule has 0 fully saturated rings. The van der Waals surface area contributed by atoms with Gasteiger partial charge in [0.15, 0.2) is 0 Å². The number of rotatable bonds is 7. The Kier molecular flexibility index (Phi) is 5.90. The van der Waals surface area contributed by atoms with Crippen molar-refractivity contribution in [1.29, 1.82) is 0 Å². The van der Waals surface area contributed by atoms with Crippen molar-refractivity contribution in [2.24, 2.45) is 0 Å². The maximum atomic E-state index is 12.2. The molecule has 0 aliphatic carbocycles. The zero-order valence-electron chi connectivity index (χ0n) is 16.0. The van der Waals surface area contributed by atoms with Gasteiger partial charge in [-0.25, -0.2) is 14.8 Å². The SMILES string of the molecule is Cc1ccc2cccc(OCCNC(=O)N(C)CCn3ccnc3C)c2n1. The Labute approximate surface area is 159 Å². The molecule has 0 saturated carbocycles. The van der Waals surface area contributed by atoms with Crippen molar-refractivity contribution in [2.75, 3.05) is 26.7 Å². The molecule has 3 aromatic rings. The predicted octanol–water partition coefficient (Wildman–Crippen LogP) is 2.77. The van der Waals surface area contributed by atoms with Gasteiger partial charge in [0.05, 0.1) is 6.54 Å². The summed E-state index contributed by atoms with van der Waals surface area (Å²) >= 11 is 0. The minimum Gasteiger partial charge on any atom is -0.489 e. The van der Waals surface area contributed by atoms with Crippen LogP contribution in [0.2, 0.25) is 0 Å². The average Bonchev–Trinajstić information content (AvgIpc) is 3.08. The third-order valence-corrected chi connectivity index (χ3v) is 4.40. The standard InChI is InChI=1S/C20H25N5O2/c1-15-7-8-17-5-4-6-18(19(17)23-15)27-14-10-22-20(26)24(3)12-13-25-11-9-21-16(25)2/h4-9,11H,10,12-14H2,1-3H3,(H,22,26). The van der Waals surface area contributed by atoms with Crippen molar-refractivity contribution >= 4 is 16.9 Å². The van der Waals surface area contributed by atoms with Crippen LogP contribution in [0.1, 0.15) is 11.5 Å². The van der Waals surface area contributed by atoms with Crippen LogP contribution in [0.15, 0.2) is 42.7 Å². The number of nitrogens with zero attached hydrogens (tertiary/aromatic N) is 4. The quantitative estimate of drug-likeness (QED) is 0.652. The predicted molar refractivity (Wildman–Crippen MR) is 105 cm³/mol. The molecular weight excluding hydrogens is 342 g/mol. The molecule has 0 spiro atoms. The summed E-state index contributed by atoms with van der Waals surface area (Å²) in [7, 11) is 1.78. The van der Waals surface area contributed by atoms with Crippen molar-refractivity contribution in [3.05, 3.63) is 54.2 Å². The second-order valence-corrected chi connectivity index (χ2v) is 6.45. The van der Waals surface area contributed by atoms with Crippen LogP contribution in [0.5, 0.6) is 5.75 Å².